The van der Waals surface area contributed by atoms with Gasteiger partial charge in [0, 0.05) is 11.1 Å². The lowest BCUT2D eigenvalue weighted by Gasteiger charge is -2.19. The standard InChI is InChI=1S/C15H14Br2N4S2/c1-15(2,3)12-19-20-13(21(12)9-7-5-4-6-8-9)23-14-18-10(16)11(17)22-14/h4-8H,1-3H3. The van der Waals surface area contributed by atoms with E-state index in [0.717, 1.165) is 29.4 Å². The quantitative estimate of drug-likeness (QED) is 0.489. The third-order valence-electron chi connectivity index (χ3n) is 3.03. The van der Waals surface area contributed by atoms with Gasteiger partial charge in [-0.1, -0.05) is 50.3 Å². The molecule has 0 saturated heterocycles. The smallest absolute Gasteiger partial charge is 0.202 e. The summed E-state index contributed by atoms with van der Waals surface area (Å²) in [6, 6.07) is 10.2. The second-order valence-electron chi connectivity index (χ2n) is 5.87. The summed E-state index contributed by atoms with van der Waals surface area (Å²) in [5, 5.41) is 9.65. The van der Waals surface area contributed by atoms with E-state index in [2.05, 4.69) is 84.5 Å². The Morgan fingerprint density at radius 1 is 1.09 bits per heavy atom. The average molecular weight is 474 g/mol. The Morgan fingerprint density at radius 3 is 2.35 bits per heavy atom. The van der Waals surface area contributed by atoms with Gasteiger partial charge in [0.15, 0.2) is 4.34 Å². The van der Waals surface area contributed by atoms with Gasteiger partial charge < -0.3 is 0 Å². The van der Waals surface area contributed by atoms with Crippen LogP contribution in [-0.2, 0) is 5.41 Å². The number of aromatic nitrogens is 4. The lowest BCUT2D eigenvalue weighted by molar-refractivity contribution is 0.529. The maximum absolute atomic E-state index is 4.48. The number of hydrogen-bond donors (Lipinski definition) is 0. The molecular weight excluding hydrogens is 460 g/mol. The zero-order chi connectivity index (χ0) is 16.6. The van der Waals surface area contributed by atoms with Crippen molar-refractivity contribution in [3.05, 3.63) is 44.5 Å². The lowest BCUT2D eigenvalue weighted by Crippen LogP contribution is -2.18. The van der Waals surface area contributed by atoms with Gasteiger partial charge in [0.25, 0.3) is 0 Å². The predicted molar refractivity (Wildman–Crippen MR) is 102 cm³/mol. The van der Waals surface area contributed by atoms with Crippen molar-refractivity contribution in [3.8, 4) is 5.69 Å². The Labute approximate surface area is 160 Å². The highest BCUT2D eigenvalue weighted by Gasteiger charge is 2.25. The van der Waals surface area contributed by atoms with Crippen LogP contribution in [0.25, 0.3) is 5.69 Å². The van der Waals surface area contributed by atoms with Crippen molar-refractivity contribution >= 4 is 55.0 Å². The number of benzene rings is 1. The molecule has 23 heavy (non-hydrogen) atoms. The largest absolute Gasteiger partial charge is 0.273 e. The van der Waals surface area contributed by atoms with Gasteiger partial charge in [0.2, 0.25) is 5.16 Å². The molecule has 3 rings (SSSR count). The van der Waals surface area contributed by atoms with E-state index in [1.54, 1.807) is 11.3 Å². The van der Waals surface area contributed by atoms with Crippen molar-refractivity contribution in [3.63, 3.8) is 0 Å². The molecule has 3 aromatic rings. The molecule has 0 atom stereocenters. The Bertz CT molecular complexity index is 802. The minimum Gasteiger partial charge on any atom is -0.273 e. The molecule has 0 aliphatic rings. The third-order valence-corrected chi connectivity index (χ3v) is 7.11. The van der Waals surface area contributed by atoms with Crippen LogP contribution in [0.3, 0.4) is 0 Å². The Hall–Kier alpha value is -0.700. The molecule has 0 radical (unpaired) electrons. The first-order valence-electron chi connectivity index (χ1n) is 6.87. The van der Waals surface area contributed by atoms with Crippen molar-refractivity contribution in [2.45, 2.75) is 35.7 Å². The highest BCUT2D eigenvalue weighted by molar-refractivity contribution is 9.13. The molecule has 1 aromatic carbocycles. The summed E-state index contributed by atoms with van der Waals surface area (Å²) in [6.45, 7) is 6.42. The van der Waals surface area contributed by atoms with Gasteiger partial charge in [-0.3, -0.25) is 4.57 Å². The number of rotatable bonds is 3. The summed E-state index contributed by atoms with van der Waals surface area (Å²) in [5.74, 6) is 0.931. The van der Waals surface area contributed by atoms with Gasteiger partial charge in [0.1, 0.15) is 14.2 Å². The molecule has 0 aliphatic carbocycles. The van der Waals surface area contributed by atoms with Crippen LogP contribution in [0.1, 0.15) is 26.6 Å². The SMILES string of the molecule is CC(C)(C)c1nnc(Sc2nc(Br)c(Br)s2)n1-c1ccccc1. The summed E-state index contributed by atoms with van der Waals surface area (Å²) in [5.41, 5.74) is 0.950. The molecule has 0 amide bonds. The van der Waals surface area contributed by atoms with Crippen molar-refractivity contribution in [1.82, 2.24) is 19.7 Å². The van der Waals surface area contributed by atoms with Crippen molar-refractivity contribution in [2.24, 2.45) is 0 Å². The number of halogens is 2. The number of nitrogens with zero attached hydrogens (tertiary/aromatic N) is 4. The third kappa shape index (κ3) is 3.70. The van der Waals surface area contributed by atoms with Gasteiger partial charge in [-0.25, -0.2) is 4.98 Å². The van der Waals surface area contributed by atoms with Crippen LogP contribution in [-0.4, -0.2) is 19.7 Å². The van der Waals surface area contributed by atoms with Crippen molar-refractivity contribution in [1.29, 1.82) is 0 Å². The van der Waals surface area contributed by atoms with Crippen LogP contribution in [0.4, 0.5) is 0 Å². The number of thiazole rings is 1. The van der Waals surface area contributed by atoms with E-state index in [1.165, 1.54) is 11.8 Å². The fraction of sp³-hybridized carbons (Fsp3) is 0.267. The zero-order valence-corrected chi connectivity index (χ0v) is 17.6. The van der Waals surface area contributed by atoms with E-state index >= 15 is 0 Å². The van der Waals surface area contributed by atoms with Gasteiger partial charge in [-0.05, 0) is 55.8 Å². The molecule has 8 heteroatoms. The van der Waals surface area contributed by atoms with Gasteiger partial charge in [-0.15, -0.1) is 10.2 Å². The second-order valence-corrected chi connectivity index (χ2v) is 10.2. The summed E-state index contributed by atoms with van der Waals surface area (Å²) in [6.07, 6.45) is 0. The van der Waals surface area contributed by atoms with Crippen molar-refractivity contribution in [2.75, 3.05) is 0 Å². The first-order valence-corrected chi connectivity index (χ1v) is 10.1. The molecule has 120 valence electrons. The van der Waals surface area contributed by atoms with Crippen LogP contribution < -0.4 is 0 Å². The van der Waals surface area contributed by atoms with Crippen LogP contribution >= 0.6 is 55.0 Å². The summed E-state index contributed by atoms with van der Waals surface area (Å²) < 4.78 is 4.80. The summed E-state index contributed by atoms with van der Waals surface area (Å²) >= 11 is 10.00. The van der Waals surface area contributed by atoms with Crippen LogP contribution in [0.5, 0.6) is 0 Å². The molecule has 0 fully saturated rings. The van der Waals surface area contributed by atoms with E-state index in [1.807, 2.05) is 18.2 Å². The first-order chi connectivity index (χ1) is 10.9. The van der Waals surface area contributed by atoms with Crippen LogP contribution in [0.15, 0.2) is 48.2 Å². The minimum atomic E-state index is -0.105. The average Bonchev–Trinajstić information content (AvgIpc) is 3.04. The molecule has 0 bridgehead atoms. The number of hydrogen-bond acceptors (Lipinski definition) is 5. The highest BCUT2D eigenvalue weighted by Crippen LogP contribution is 2.38. The summed E-state index contributed by atoms with van der Waals surface area (Å²) in [4.78, 5) is 4.48. The number of para-hydroxylation sites is 1. The first kappa shape index (κ1) is 17.1. The predicted octanol–water partition coefficient (Wildman–Crippen LogP) is 5.70. The second kappa shape index (κ2) is 6.66. The van der Waals surface area contributed by atoms with Crippen LogP contribution in [0.2, 0.25) is 0 Å². The molecular formula is C15H14Br2N4S2. The van der Waals surface area contributed by atoms with Gasteiger partial charge in [-0.2, -0.15) is 0 Å². The topological polar surface area (TPSA) is 43.6 Å². The Kier molecular flexibility index (Phi) is 4.96. The van der Waals surface area contributed by atoms with E-state index in [-0.39, 0.29) is 5.41 Å². The minimum absolute atomic E-state index is 0.105. The van der Waals surface area contributed by atoms with Gasteiger partial charge in [0.05, 0.1) is 0 Å². The van der Waals surface area contributed by atoms with E-state index in [9.17, 15) is 0 Å². The maximum Gasteiger partial charge on any atom is 0.202 e. The molecule has 4 nitrogen and oxygen atoms in total. The molecule has 0 saturated carbocycles. The molecule has 0 spiro atoms. The molecule has 0 unspecified atom stereocenters. The van der Waals surface area contributed by atoms with Crippen molar-refractivity contribution < 1.29 is 0 Å². The lowest BCUT2D eigenvalue weighted by atomic mass is 9.95. The molecule has 2 heterocycles. The molecule has 2 aromatic heterocycles. The Balaban J connectivity index is 2.09. The Morgan fingerprint density at radius 2 is 1.78 bits per heavy atom. The summed E-state index contributed by atoms with van der Waals surface area (Å²) in [7, 11) is 0. The monoisotopic (exact) mass is 472 g/mol. The van der Waals surface area contributed by atoms with E-state index in [0.29, 0.717) is 0 Å². The zero-order valence-electron chi connectivity index (χ0n) is 12.7. The fourth-order valence-corrected chi connectivity index (χ4v) is 5.26. The fourth-order valence-electron chi connectivity index (χ4n) is 2.02. The van der Waals surface area contributed by atoms with Crippen LogP contribution in [0, 0.1) is 0 Å². The highest BCUT2D eigenvalue weighted by atomic mass is 79.9. The maximum atomic E-state index is 4.48. The normalized spacial score (nSPS) is 11.9. The van der Waals surface area contributed by atoms with Gasteiger partial charge >= 0.3 is 0 Å². The van der Waals surface area contributed by atoms with E-state index in [4.69, 9.17) is 0 Å². The molecule has 0 aliphatic heterocycles. The van der Waals surface area contributed by atoms with E-state index < -0.39 is 0 Å². The molecule has 0 N–H and O–H groups in total.